The maximum Gasteiger partial charge on any atom is 0.228 e. The number of carbonyl (C=O) groups excluding carboxylic acids is 2. The number of carbonyl (C=O) groups is 2. The van der Waals surface area contributed by atoms with E-state index >= 15 is 0 Å². The van der Waals surface area contributed by atoms with Crippen LogP contribution in [0.15, 0.2) is 54.6 Å². The van der Waals surface area contributed by atoms with Gasteiger partial charge in [0.05, 0.1) is 11.8 Å². The van der Waals surface area contributed by atoms with Crippen LogP contribution >= 0.6 is 0 Å². The number of rotatable bonds is 7. The highest BCUT2D eigenvalue weighted by atomic mass is 16.5. The number of anilines is 1. The molecule has 0 spiro atoms. The molecule has 2 aliphatic carbocycles. The summed E-state index contributed by atoms with van der Waals surface area (Å²) in [5.41, 5.74) is 1.82. The van der Waals surface area contributed by atoms with Crippen LogP contribution < -0.4 is 15.4 Å². The summed E-state index contributed by atoms with van der Waals surface area (Å²) < 4.78 is 5.74. The molecule has 2 unspecified atom stereocenters. The highest BCUT2D eigenvalue weighted by Gasteiger charge is 2.48. The van der Waals surface area contributed by atoms with Crippen LogP contribution in [-0.2, 0) is 16.2 Å². The molecule has 2 fully saturated rings. The Morgan fingerprint density at radius 1 is 0.923 bits per heavy atom. The lowest BCUT2D eigenvalue weighted by atomic mass is 10.2. The summed E-state index contributed by atoms with van der Waals surface area (Å²) in [4.78, 5) is 24.2. The second-order valence-electron chi connectivity index (χ2n) is 7.02. The second-order valence-corrected chi connectivity index (χ2v) is 7.02. The van der Waals surface area contributed by atoms with Gasteiger partial charge in [0.1, 0.15) is 12.4 Å². The van der Waals surface area contributed by atoms with E-state index in [1.807, 2.05) is 54.6 Å². The van der Waals surface area contributed by atoms with Crippen molar-refractivity contribution in [2.75, 3.05) is 5.32 Å². The van der Waals surface area contributed by atoms with Crippen molar-refractivity contribution in [1.29, 1.82) is 0 Å². The van der Waals surface area contributed by atoms with Gasteiger partial charge in [-0.05, 0) is 49.1 Å². The van der Waals surface area contributed by atoms with Gasteiger partial charge in [-0.2, -0.15) is 0 Å². The molecule has 2 aromatic rings. The Morgan fingerprint density at radius 3 is 2.31 bits per heavy atom. The summed E-state index contributed by atoms with van der Waals surface area (Å²) in [6.45, 7) is 0.506. The minimum atomic E-state index is -0.206. The van der Waals surface area contributed by atoms with Gasteiger partial charge in [0.2, 0.25) is 11.8 Å². The van der Waals surface area contributed by atoms with Gasteiger partial charge < -0.3 is 15.4 Å². The van der Waals surface area contributed by atoms with Crippen LogP contribution in [0.4, 0.5) is 5.69 Å². The van der Waals surface area contributed by atoms with E-state index in [9.17, 15) is 9.59 Å². The van der Waals surface area contributed by atoms with Gasteiger partial charge in [-0.3, -0.25) is 9.59 Å². The van der Waals surface area contributed by atoms with E-state index in [1.54, 1.807) is 0 Å². The number of ether oxygens (including phenoxy) is 1. The average molecular weight is 350 g/mol. The molecule has 0 bridgehead atoms. The highest BCUT2D eigenvalue weighted by molar-refractivity contribution is 5.99. The fourth-order valence-electron chi connectivity index (χ4n) is 2.92. The zero-order valence-electron chi connectivity index (χ0n) is 14.5. The molecule has 0 aromatic heterocycles. The second kappa shape index (κ2) is 7.20. The summed E-state index contributed by atoms with van der Waals surface area (Å²) in [5.74, 6) is 0.322. The predicted molar refractivity (Wildman–Crippen MR) is 98.6 cm³/mol. The Hall–Kier alpha value is -2.82. The van der Waals surface area contributed by atoms with Crippen LogP contribution in [0.1, 0.15) is 24.8 Å². The Kier molecular flexibility index (Phi) is 4.61. The zero-order valence-corrected chi connectivity index (χ0v) is 14.5. The van der Waals surface area contributed by atoms with Crippen LogP contribution in [0.2, 0.25) is 0 Å². The van der Waals surface area contributed by atoms with Gasteiger partial charge in [-0.25, -0.2) is 0 Å². The van der Waals surface area contributed by atoms with Crippen LogP contribution in [-0.4, -0.2) is 17.9 Å². The number of nitrogens with one attached hydrogen (secondary N) is 2. The average Bonchev–Trinajstić information content (AvgIpc) is 3.56. The van der Waals surface area contributed by atoms with Gasteiger partial charge in [0.15, 0.2) is 0 Å². The van der Waals surface area contributed by atoms with E-state index in [-0.39, 0.29) is 23.7 Å². The fraction of sp³-hybridized carbons (Fsp3) is 0.333. The molecule has 0 aliphatic heterocycles. The van der Waals surface area contributed by atoms with E-state index < -0.39 is 0 Å². The first kappa shape index (κ1) is 16.6. The predicted octanol–water partition coefficient (Wildman–Crippen LogP) is 3.12. The van der Waals surface area contributed by atoms with Crippen molar-refractivity contribution in [2.45, 2.75) is 31.9 Å². The van der Waals surface area contributed by atoms with Crippen LogP contribution in [0.5, 0.6) is 5.75 Å². The third-order valence-corrected chi connectivity index (χ3v) is 4.76. The van der Waals surface area contributed by atoms with E-state index in [0.717, 1.165) is 29.8 Å². The minimum absolute atomic E-state index is 0.0253. The number of hydrogen-bond acceptors (Lipinski definition) is 3. The van der Waals surface area contributed by atoms with Crippen LogP contribution in [0.3, 0.4) is 0 Å². The van der Waals surface area contributed by atoms with Crippen LogP contribution in [0, 0.1) is 11.8 Å². The van der Waals surface area contributed by atoms with Gasteiger partial charge in [-0.1, -0.05) is 30.3 Å². The maximum atomic E-state index is 12.3. The largest absolute Gasteiger partial charge is 0.489 e. The first-order chi connectivity index (χ1) is 12.7. The van der Waals surface area contributed by atoms with Crippen molar-refractivity contribution < 1.29 is 14.3 Å². The molecule has 4 rings (SSSR count). The Morgan fingerprint density at radius 2 is 1.62 bits per heavy atom. The van der Waals surface area contributed by atoms with Crippen molar-refractivity contribution in [3.05, 3.63) is 60.2 Å². The Labute approximate surface area is 152 Å². The van der Waals surface area contributed by atoms with E-state index in [1.165, 1.54) is 0 Å². The lowest BCUT2D eigenvalue weighted by molar-refractivity contribution is -0.125. The number of hydrogen-bond donors (Lipinski definition) is 2. The molecule has 0 saturated heterocycles. The molecule has 134 valence electrons. The fourth-order valence-corrected chi connectivity index (χ4v) is 2.92. The zero-order chi connectivity index (χ0) is 17.9. The molecule has 0 radical (unpaired) electrons. The van der Waals surface area contributed by atoms with Gasteiger partial charge in [0, 0.05) is 11.7 Å². The minimum Gasteiger partial charge on any atom is -0.489 e. The van der Waals surface area contributed by atoms with E-state index in [2.05, 4.69) is 10.6 Å². The lowest BCUT2D eigenvalue weighted by Gasteiger charge is -2.08. The highest BCUT2D eigenvalue weighted by Crippen LogP contribution is 2.40. The lowest BCUT2D eigenvalue weighted by Crippen LogP contribution is -2.29. The molecule has 0 heterocycles. The first-order valence-electron chi connectivity index (χ1n) is 9.07. The normalized spacial score (nSPS) is 20.9. The van der Waals surface area contributed by atoms with E-state index in [4.69, 9.17) is 4.74 Å². The molecule has 2 atom stereocenters. The molecule has 26 heavy (non-hydrogen) atoms. The van der Waals surface area contributed by atoms with Crippen molar-refractivity contribution >= 4 is 17.5 Å². The van der Waals surface area contributed by atoms with Crippen molar-refractivity contribution in [3.63, 3.8) is 0 Å². The number of benzene rings is 2. The SMILES string of the molecule is O=C(Nc1ccc(OCc2ccccc2)cc1)C1CC1C(=O)NC1CC1. The topological polar surface area (TPSA) is 67.4 Å². The summed E-state index contributed by atoms with van der Waals surface area (Å²) in [5, 5.41) is 5.85. The van der Waals surface area contributed by atoms with Gasteiger partial charge in [0.25, 0.3) is 0 Å². The third kappa shape index (κ3) is 4.23. The quantitative estimate of drug-likeness (QED) is 0.806. The van der Waals surface area contributed by atoms with Crippen LogP contribution in [0.25, 0.3) is 0 Å². The molecule has 2 saturated carbocycles. The Balaban J connectivity index is 1.25. The molecule has 5 heteroatoms. The molecular weight excluding hydrogens is 328 g/mol. The van der Waals surface area contributed by atoms with Crippen molar-refractivity contribution in [1.82, 2.24) is 5.32 Å². The summed E-state index contributed by atoms with van der Waals surface area (Å²) >= 11 is 0. The molecule has 2 N–H and O–H groups in total. The summed E-state index contributed by atoms with van der Waals surface area (Å²) in [7, 11) is 0. The van der Waals surface area contributed by atoms with Crippen molar-refractivity contribution in [2.24, 2.45) is 11.8 Å². The molecular formula is C21H22N2O3. The number of amides is 2. The van der Waals surface area contributed by atoms with Gasteiger partial charge in [-0.15, -0.1) is 0 Å². The molecule has 2 amide bonds. The monoisotopic (exact) mass is 350 g/mol. The van der Waals surface area contributed by atoms with Crippen molar-refractivity contribution in [3.8, 4) is 5.75 Å². The molecule has 2 aromatic carbocycles. The standard InChI is InChI=1S/C21H22N2O3/c24-20(22-15-6-7-15)18-12-19(18)21(25)23-16-8-10-17(11-9-16)26-13-14-4-2-1-3-5-14/h1-5,8-11,15,18-19H,6-7,12-13H2,(H,22,24)(H,23,25). The smallest absolute Gasteiger partial charge is 0.228 e. The van der Waals surface area contributed by atoms with Gasteiger partial charge >= 0.3 is 0 Å². The molecule has 5 nitrogen and oxygen atoms in total. The first-order valence-corrected chi connectivity index (χ1v) is 9.07. The van der Waals surface area contributed by atoms with E-state index in [0.29, 0.717) is 19.1 Å². The molecule has 2 aliphatic rings. The third-order valence-electron chi connectivity index (χ3n) is 4.76. The summed E-state index contributed by atoms with van der Waals surface area (Å²) in [6, 6.07) is 17.6. The summed E-state index contributed by atoms with van der Waals surface area (Å²) in [6.07, 6.45) is 2.77. The maximum absolute atomic E-state index is 12.3. The Bertz CT molecular complexity index is 785.